The molecule has 1 aromatic heterocycles. The van der Waals surface area contributed by atoms with Crippen LogP contribution in [0.15, 0.2) is 36.4 Å². The van der Waals surface area contributed by atoms with Crippen molar-refractivity contribution in [3.8, 4) is 0 Å². The molecule has 0 bridgehead atoms. The molecule has 1 aromatic carbocycles. The minimum Gasteiger partial charge on any atom is -0.350 e. The number of rotatable bonds is 5. The largest absolute Gasteiger partial charge is 0.350 e. The smallest absolute Gasteiger partial charge is 0.253 e. The zero-order chi connectivity index (χ0) is 18.5. The lowest BCUT2D eigenvalue weighted by Crippen LogP contribution is -2.51. The minimum atomic E-state index is -0.359. The molecule has 2 aromatic rings. The number of hydrogen-bond acceptors (Lipinski definition) is 4. The van der Waals surface area contributed by atoms with Crippen LogP contribution in [0.25, 0.3) is 0 Å². The van der Waals surface area contributed by atoms with Gasteiger partial charge < -0.3 is 10.2 Å². The van der Waals surface area contributed by atoms with E-state index in [1.807, 2.05) is 17.0 Å². The van der Waals surface area contributed by atoms with E-state index in [1.165, 1.54) is 35.6 Å². The molecule has 1 fully saturated rings. The van der Waals surface area contributed by atoms with Crippen LogP contribution in [0.1, 0.15) is 15.2 Å². The molecule has 0 radical (unpaired) electrons. The number of carbonyl (C=O) groups is 2. The molecule has 3 rings (SSSR count). The van der Waals surface area contributed by atoms with Gasteiger partial charge in [0.05, 0.1) is 17.4 Å². The molecule has 0 saturated carbocycles. The number of thiophene rings is 1. The van der Waals surface area contributed by atoms with Crippen LogP contribution in [-0.4, -0.2) is 54.3 Å². The summed E-state index contributed by atoms with van der Waals surface area (Å²) in [7, 11) is 0. The van der Waals surface area contributed by atoms with Crippen molar-refractivity contribution < 1.29 is 14.0 Å². The molecular weight excluding hydrogens is 377 g/mol. The summed E-state index contributed by atoms with van der Waals surface area (Å²) in [5.41, 5.74) is 0.479. The Kier molecular flexibility index (Phi) is 6.24. The van der Waals surface area contributed by atoms with Crippen LogP contribution in [0.3, 0.4) is 0 Å². The molecule has 0 atom stereocenters. The van der Waals surface area contributed by atoms with Gasteiger partial charge in [0, 0.05) is 36.6 Å². The predicted octanol–water partition coefficient (Wildman–Crippen LogP) is 2.61. The molecule has 0 spiro atoms. The lowest BCUT2D eigenvalue weighted by Gasteiger charge is -2.34. The zero-order valence-electron chi connectivity index (χ0n) is 14.1. The molecule has 26 heavy (non-hydrogen) atoms. The topological polar surface area (TPSA) is 52.7 Å². The fraction of sp³-hybridized carbons (Fsp3) is 0.333. The summed E-state index contributed by atoms with van der Waals surface area (Å²) in [6.07, 6.45) is 0. The quantitative estimate of drug-likeness (QED) is 0.846. The van der Waals surface area contributed by atoms with Crippen LogP contribution in [-0.2, 0) is 11.3 Å². The fourth-order valence-electron chi connectivity index (χ4n) is 2.78. The monoisotopic (exact) mass is 395 g/mol. The Labute approximate surface area is 160 Å². The highest BCUT2D eigenvalue weighted by molar-refractivity contribution is 7.16. The van der Waals surface area contributed by atoms with E-state index in [2.05, 4.69) is 5.32 Å². The van der Waals surface area contributed by atoms with Crippen molar-refractivity contribution in [2.45, 2.75) is 6.54 Å². The zero-order valence-corrected chi connectivity index (χ0v) is 15.7. The third-order valence-electron chi connectivity index (χ3n) is 4.21. The number of halogens is 2. The maximum atomic E-state index is 13.0. The van der Waals surface area contributed by atoms with Crippen molar-refractivity contribution in [1.82, 2.24) is 15.1 Å². The van der Waals surface area contributed by atoms with E-state index < -0.39 is 0 Å². The average Bonchev–Trinajstić information content (AvgIpc) is 3.06. The first kappa shape index (κ1) is 18.8. The second-order valence-corrected chi connectivity index (χ2v) is 7.86. The van der Waals surface area contributed by atoms with Crippen molar-refractivity contribution in [3.63, 3.8) is 0 Å². The van der Waals surface area contributed by atoms with E-state index >= 15 is 0 Å². The van der Waals surface area contributed by atoms with Crippen molar-refractivity contribution >= 4 is 34.8 Å². The van der Waals surface area contributed by atoms with E-state index in [0.717, 1.165) is 4.88 Å². The van der Waals surface area contributed by atoms with Crippen LogP contribution in [0.4, 0.5) is 4.39 Å². The Morgan fingerprint density at radius 3 is 2.38 bits per heavy atom. The van der Waals surface area contributed by atoms with E-state index in [9.17, 15) is 14.0 Å². The highest BCUT2D eigenvalue weighted by atomic mass is 35.5. The molecule has 1 aliphatic heterocycles. The van der Waals surface area contributed by atoms with Crippen LogP contribution in [0.2, 0.25) is 4.34 Å². The van der Waals surface area contributed by atoms with E-state index in [4.69, 9.17) is 11.6 Å². The van der Waals surface area contributed by atoms with Gasteiger partial charge in [-0.25, -0.2) is 4.39 Å². The SMILES string of the molecule is O=C(CN1CCN(C(=O)c2ccc(F)cc2)CC1)NCc1ccc(Cl)s1. The number of benzene rings is 1. The average molecular weight is 396 g/mol. The molecule has 2 amide bonds. The molecule has 0 aliphatic carbocycles. The normalized spacial score (nSPS) is 15.1. The first-order valence-electron chi connectivity index (χ1n) is 8.29. The molecule has 1 aliphatic rings. The van der Waals surface area contributed by atoms with Gasteiger partial charge in [0.15, 0.2) is 0 Å². The van der Waals surface area contributed by atoms with Gasteiger partial charge in [-0.15, -0.1) is 11.3 Å². The van der Waals surface area contributed by atoms with Gasteiger partial charge in [0.2, 0.25) is 5.91 Å². The standard InChI is InChI=1S/C18H19ClFN3O2S/c19-16-6-5-15(26-16)11-21-17(24)12-22-7-9-23(10-8-22)18(25)13-1-3-14(20)4-2-13/h1-6H,7-12H2,(H,21,24). The highest BCUT2D eigenvalue weighted by Gasteiger charge is 2.23. The lowest BCUT2D eigenvalue weighted by atomic mass is 10.2. The van der Waals surface area contributed by atoms with Gasteiger partial charge in [-0.1, -0.05) is 11.6 Å². The van der Waals surface area contributed by atoms with Crippen LogP contribution < -0.4 is 5.32 Å². The van der Waals surface area contributed by atoms with Gasteiger partial charge in [-0.05, 0) is 36.4 Å². The number of nitrogens with one attached hydrogen (secondary N) is 1. The number of hydrogen-bond donors (Lipinski definition) is 1. The lowest BCUT2D eigenvalue weighted by molar-refractivity contribution is -0.122. The second-order valence-electron chi connectivity index (χ2n) is 6.06. The number of piperazine rings is 1. The van der Waals surface area contributed by atoms with E-state index in [-0.39, 0.29) is 17.6 Å². The number of nitrogens with zero attached hydrogens (tertiary/aromatic N) is 2. The third kappa shape index (κ3) is 5.03. The maximum absolute atomic E-state index is 13.0. The van der Waals surface area contributed by atoms with Gasteiger partial charge in [0.1, 0.15) is 5.82 Å². The molecule has 8 heteroatoms. The summed E-state index contributed by atoms with van der Waals surface area (Å²) in [5, 5.41) is 2.88. The van der Waals surface area contributed by atoms with Crippen LogP contribution in [0.5, 0.6) is 0 Å². The van der Waals surface area contributed by atoms with Crippen molar-refractivity contribution in [1.29, 1.82) is 0 Å². The van der Waals surface area contributed by atoms with Gasteiger partial charge >= 0.3 is 0 Å². The second kappa shape index (κ2) is 8.62. The van der Waals surface area contributed by atoms with Crippen LogP contribution in [0, 0.1) is 5.82 Å². The summed E-state index contributed by atoms with van der Waals surface area (Å²) >= 11 is 7.32. The fourth-order valence-corrected chi connectivity index (χ4v) is 3.80. The Morgan fingerprint density at radius 1 is 1.08 bits per heavy atom. The molecule has 5 nitrogen and oxygen atoms in total. The highest BCUT2D eigenvalue weighted by Crippen LogP contribution is 2.21. The van der Waals surface area contributed by atoms with Gasteiger partial charge in [-0.3, -0.25) is 14.5 Å². The Bertz CT molecular complexity index is 773. The Hall–Kier alpha value is -1.96. The summed E-state index contributed by atoms with van der Waals surface area (Å²) < 4.78 is 13.7. The van der Waals surface area contributed by atoms with Crippen molar-refractivity contribution in [2.75, 3.05) is 32.7 Å². The maximum Gasteiger partial charge on any atom is 0.253 e. The minimum absolute atomic E-state index is 0.0483. The molecule has 2 heterocycles. The van der Waals surface area contributed by atoms with Gasteiger partial charge in [0.25, 0.3) is 5.91 Å². The Balaban J connectivity index is 1.42. The molecule has 0 unspecified atom stereocenters. The van der Waals surface area contributed by atoms with Gasteiger partial charge in [-0.2, -0.15) is 0 Å². The summed E-state index contributed by atoms with van der Waals surface area (Å²) in [6, 6.07) is 9.27. The van der Waals surface area contributed by atoms with E-state index in [1.54, 1.807) is 4.90 Å². The Morgan fingerprint density at radius 2 is 1.77 bits per heavy atom. The predicted molar refractivity (Wildman–Crippen MR) is 99.9 cm³/mol. The molecule has 1 N–H and O–H groups in total. The summed E-state index contributed by atoms with van der Waals surface area (Å²) in [6.45, 7) is 3.13. The van der Waals surface area contributed by atoms with E-state index in [0.29, 0.717) is 49.2 Å². The molecular formula is C18H19ClFN3O2S. The van der Waals surface area contributed by atoms with Crippen molar-refractivity contribution in [3.05, 3.63) is 57.0 Å². The molecule has 1 saturated heterocycles. The number of amides is 2. The van der Waals surface area contributed by atoms with Crippen LogP contribution >= 0.6 is 22.9 Å². The first-order valence-corrected chi connectivity index (χ1v) is 9.49. The third-order valence-corrected chi connectivity index (χ3v) is 5.44. The number of carbonyl (C=O) groups excluding carboxylic acids is 2. The van der Waals surface area contributed by atoms with Crippen molar-refractivity contribution in [2.24, 2.45) is 0 Å². The summed E-state index contributed by atoms with van der Waals surface area (Å²) in [4.78, 5) is 29.2. The summed E-state index contributed by atoms with van der Waals surface area (Å²) in [5.74, 6) is -0.515. The molecule has 138 valence electrons. The first-order chi connectivity index (χ1) is 12.5.